The van der Waals surface area contributed by atoms with E-state index in [0.29, 0.717) is 19.0 Å². The van der Waals surface area contributed by atoms with Crippen LogP contribution in [0.25, 0.3) is 0 Å². The minimum absolute atomic E-state index is 0.0701. The molecule has 1 amide bonds. The predicted molar refractivity (Wildman–Crippen MR) is 75.2 cm³/mol. The number of likely N-dealkylation sites (tertiary alicyclic amines) is 1. The van der Waals surface area contributed by atoms with Crippen LogP contribution in [0.3, 0.4) is 0 Å². The number of aliphatic hydroxyl groups is 1. The number of rotatable bonds is 6. The number of nitrogens with one attached hydrogen (secondary N) is 1. The van der Waals surface area contributed by atoms with Crippen LogP contribution in [-0.4, -0.2) is 53.5 Å². The van der Waals surface area contributed by atoms with Gasteiger partial charge >= 0.3 is 6.09 Å². The third kappa shape index (κ3) is 5.37. The van der Waals surface area contributed by atoms with Crippen molar-refractivity contribution in [3.05, 3.63) is 0 Å². The Labute approximate surface area is 116 Å². The monoisotopic (exact) mass is 272 g/mol. The van der Waals surface area contributed by atoms with Crippen molar-refractivity contribution >= 4 is 6.09 Å². The molecule has 3 atom stereocenters. The van der Waals surface area contributed by atoms with E-state index in [0.717, 1.165) is 25.9 Å². The maximum atomic E-state index is 11.0. The lowest BCUT2D eigenvalue weighted by atomic mass is 9.86. The van der Waals surface area contributed by atoms with Crippen molar-refractivity contribution in [3.8, 4) is 0 Å². The zero-order valence-corrected chi connectivity index (χ0v) is 12.3. The Hall–Kier alpha value is -0.810. The molecule has 0 bridgehead atoms. The summed E-state index contributed by atoms with van der Waals surface area (Å²) in [5.74, 6) is 0.819. The first-order valence-corrected chi connectivity index (χ1v) is 7.28. The van der Waals surface area contributed by atoms with Crippen LogP contribution >= 0.6 is 0 Å². The lowest BCUT2D eigenvalue weighted by Crippen LogP contribution is -2.46. The summed E-state index contributed by atoms with van der Waals surface area (Å²) in [6.07, 6.45) is 0.462. The van der Waals surface area contributed by atoms with E-state index in [4.69, 9.17) is 5.11 Å². The molecule has 5 nitrogen and oxygen atoms in total. The fraction of sp³-hybridized carbons (Fsp3) is 0.929. The van der Waals surface area contributed by atoms with Crippen molar-refractivity contribution in [3.63, 3.8) is 0 Å². The van der Waals surface area contributed by atoms with Gasteiger partial charge in [0.1, 0.15) is 0 Å². The summed E-state index contributed by atoms with van der Waals surface area (Å²) in [4.78, 5) is 12.4. The van der Waals surface area contributed by atoms with Gasteiger partial charge in [-0.25, -0.2) is 4.79 Å². The minimum Gasteiger partial charge on any atom is -0.465 e. The molecule has 5 heteroatoms. The summed E-state index contributed by atoms with van der Waals surface area (Å²) >= 11 is 0. The van der Waals surface area contributed by atoms with E-state index in [1.807, 2.05) is 6.92 Å². The maximum absolute atomic E-state index is 11.0. The van der Waals surface area contributed by atoms with Crippen LogP contribution in [0.15, 0.2) is 0 Å². The van der Waals surface area contributed by atoms with Crippen molar-refractivity contribution in [1.82, 2.24) is 10.2 Å². The summed E-state index contributed by atoms with van der Waals surface area (Å²) in [6, 6.07) is 0. The average Bonchev–Trinajstić information content (AvgIpc) is 2.37. The van der Waals surface area contributed by atoms with Crippen molar-refractivity contribution in [2.24, 2.45) is 17.8 Å². The van der Waals surface area contributed by atoms with Crippen molar-refractivity contribution in [2.75, 3.05) is 26.2 Å². The number of carboxylic acid groups (broad SMARTS) is 1. The van der Waals surface area contributed by atoms with Crippen molar-refractivity contribution in [1.29, 1.82) is 0 Å². The molecular formula is C14H28N2O3. The molecule has 1 rings (SSSR count). The van der Waals surface area contributed by atoms with Crippen LogP contribution in [0, 0.1) is 17.8 Å². The highest BCUT2D eigenvalue weighted by atomic mass is 16.4. The van der Waals surface area contributed by atoms with Crippen LogP contribution in [0.2, 0.25) is 0 Å². The van der Waals surface area contributed by atoms with Crippen molar-refractivity contribution < 1.29 is 15.0 Å². The molecule has 1 heterocycles. The Morgan fingerprint density at radius 3 is 2.63 bits per heavy atom. The molecule has 0 saturated carbocycles. The van der Waals surface area contributed by atoms with Gasteiger partial charge < -0.3 is 20.4 Å². The quantitative estimate of drug-likeness (QED) is 0.687. The fourth-order valence-corrected chi connectivity index (χ4v) is 2.65. The van der Waals surface area contributed by atoms with Gasteiger partial charge in [-0.2, -0.15) is 0 Å². The molecule has 0 aromatic heterocycles. The van der Waals surface area contributed by atoms with E-state index in [9.17, 15) is 9.90 Å². The molecule has 0 aromatic carbocycles. The van der Waals surface area contributed by atoms with Gasteiger partial charge in [-0.3, -0.25) is 0 Å². The number of hydrogen-bond acceptors (Lipinski definition) is 3. The highest BCUT2D eigenvalue weighted by Crippen LogP contribution is 2.23. The summed E-state index contributed by atoms with van der Waals surface area (Å²) in [5.41, 5.74) is 0. The number of amides is 1. The molecule has 19 heavy (non-hydrogen) atoms. The average molecular weight is 272 g/mol. The summed E-state index contributed by atoms with van der Waals surface area (Å²) in [7, 11) is 0. The lowest BCUT2D eigenvalue weighted by molar-refractivity contribution is 0.0191. The van der Waals surface area contributed by atoms with Gasteiger partial charge in [0, 0.05) is 25.6 Å². The van der Waals surface area contributed by atoms with E-state index >= 15 is 0 Å². The maximum Gasteiger partial charge on any atom is 0.407 e. The van der Waals surface area contributed by atoms with Gasteiger partial charge in [-0.1, -0.05) is 20.8 Å². The first-order valence-electron chi connectivity index (χ1n) is 7.28. The number of nitrogens with zero attached hydrogens (tertiary/aromatic N) is 1. The van der Waals surface area contributed by atoms with Gasteiger partial charge in [-0.15, -0.1) is 0 Å². The van der Waals surface area contributed by atoms with Gasteiger partial charge in [0.2, 0.25) is 0 Å². The molecular weight excluding hydrogens is 244 g/mol. The molecule has 1 aliphatic heterocycles. The number of carbonyl (C=O) groups is 1. The molecule has 0 radical (unpaired) electrons. The van der Waals surface area contributed by atoms with Crippen molar-refractivity contribution in [2.45, 2.75) is 39.7 Å². The summed E-state index contributed by atoms with van der Waals surface area (Å²) in [6.45, 7) is 9.12. The molecule has 0 aliphatic carbocycles. The second kappa shape index (κ2) is 7.70. The topological polar surface area (TPSA) is 72.8 Å². The van der Waals surface area contributed by atoms with E-state index in [-0.39, 0.29) is 11.8 Å². The van der Waals surface area contributed by atoms with Crippen LogP contribution in [-0.2, 0) is 0 Å². The smallest absolute Gasteiger partial charge is 0.407 e. The SMILES string of the molecule is CC(C)CNCC(C)C(O)C1CCCN(C(=O)O)C1. The van der Waals surface area contributed by atoms with Crippen LogP contribution < -0.4 is 5.32 Å². The molecule has 0 aromatic rings. The van der Waals surface area contributed by atoms with Gasteiger partial charge in [-0.05, 0) is 31.2 Å². The van der Waals surface area contributed by atoms with Crippen LogP contribution in [0.5, 0.6) is 0 Å². The first-order chi connectivity index (χ1) is 8.91. The van der Waals surface area contributed by atoms with Gasteiger partial charge in [0.05, 0.1) is 6.10 Å². The fourth-order valence-electron chi connectivity index (χ4n) is 2.65. The number of hydrogen-bond donors (Lipinski definition) is 3. The Bertz CT molecular complexity index is 284. The molecule has 0 spiro atoms. The zero-order chi connectivity index (χ0) is 14.4. The second-order valence-electron chi connectivity index (χ2n) is 6.15. The Balaban J connectivity index is 2.38. The third-order valence-corrected chi connectivity index (χ3v) is 3.81. The first kappa shape index (κ1) is 16.2. The van der Waals surface area contributed by atoms with Crippen LogP contribution in [0.4, 0.5) is 4.79 Å². The molecule has 1 aliphatic rings. The highest BCUT2D eigenvalue weighted by Gasteiger charge is 2.30. The predicted octanol–water partition coefficient (Wildman–Crippen LogP) is 1.62. The molecule has 112 valence electrons. The summed E-state index contributed by atoms with van der Waals surface area (Å²) < 4.78 is 0. The molecule has 1 saturated heterocycles. The van der Waals surface area contributed by atoms with E-state index in [1.54, 1.807) is 0 Å². The Morgan fingerprint density at radius 2 is 2.05 bits per heavy atom. The Kier molecular flexibility index (Phi) is 6.58. The minimum atomic E-state index is -0.873. The number of aliphatic hydroxyl groups excluding tert-OH is 1. The third-order valence-electron chi connectivity index (χ3n) is 3.81. The zero-order valence-electron chi connectivity index (χ0n) is 12.3. The van der Waals surface area contributed by atoms with Crippen LogP contribution in [0.1, 0.15) is 33.6 Å². The standard InChI is InChI=1S/C14H28N2O3/c1-10(2)7-15-8-11(3)13(17)12-5-4-6-16(9-12)14(18)19/h10-13,15,17H,4-9H2,1-3H3,(H,18,19). The second-order valence-corrected chi connectivity index (χ2v) is 6.15. The van der Waals surface area contributed by atoms with Gasteiger partial charge in [0.25, 0.3) is 0 Å². The number of piperidine rings is 1. The highest BCUT2D eigenvalue weighted by molar-refractivity contribution is 5.65. The lowest BCUT2D eigenvalue weighted by Gasteiger charge is -2.35. The Morgan fingerprint density at radius 1 is 1.37 bits per heavy atom. The van der Waals surface area contributed by atoms with E-state index in [1.165, 1.54) is 4.90 Å². The van der Waals surface area contributed by atoms with Gasteiger partial charge in [0.15, 0.2) is 0 Å². The van der Waals surface area contributed by atoms with E-state index < -0.39 is 12.2 Å². The largest absolute Gasteiger partial charge is 0.465 e. The molecule has 1 fully saturated rings. The molecule has 3 unspecified atom stereocenters. The summed E-state index contributed by atoms with van der Waals surface area (Å²) in [5, 5.41) is 22.7. The molecule has 3 N–H and O–H groups in total. The normalized spacial score (nSPS) is 23.4. The van der Waals surface area contributed by atoms with E-state index in [2.05, 4.69) is 19.2 Å².